The fraction of sp³-hybridized carbons (Fsp3) is 0.923. The molecule has 45 atom stereocenters. The van der Waals surface area contributed by atoms with Crippen LogP contribution in [0.15, 0.2) is 0 Å². The number of hydrogen-bond donors (Lipinski definition) is 28. The minimum absolute atomic E-state index is 0.188. The van der Waals surface area contributed by atoms with Gasteiger partial charge in [-0.25, -0.2) is 0 Å². The van der Waals surface area contributed by atoms with Crippen LogP contribution in [0.2, 0.25) is 0 Å². The van der Waals surface area contributed by atoms with Gasteiger partial charge in [0.15, 0.2) is 50.3 Å². The van der Waals surface area contributed by atoms with Crippen molar-refractivity contribution >= 4 is 45.3 Å². The van der Waals surface area contributed by atoms with E-state index in [1.54, 1.807) is 0 Å². The Morgan fingerprint density at radius 3 is 0.879 bits per heavy atom. The van der Waals surface area contributed by atoms with Crippen LogP contribution < -0.4 is 21.3 Å². The van der Waals surface area contributed by atoms with Crippen LogP contribution in [-0.4, -0.2) is 493 Å². The van der Waals surface area contributed by atoms with Crippen LogP contribution in [0.5, 0.6) is 0 Å². The predicted molar refractivity (Wildman–Crippen MR) is 365 cm³/mol. The molecule has 0 aromatic heterocycles. The smallest absolute Gasteiger partial charge is 0.217 e. The number of alkyl halides is 1. The molecule has 0 aromatic rings. The van der Waals surface area contributed by atoms with Crippen molar-refractivity contribution in [3.05, 3.63) is 0 Å². The van der Waals surface area contributed by atoms with Crippen molar-refractivity contribution in [2.75, 3.05) is 64.8 Å². The van der Waals surface area contributed by atoms with E-state index in [-0.39, 0.29) is 5.33 Å². The Kier molecular flexibility index (Phi) is 35.4. The van der Waals surface area contributed by atoms with E-state index in [0.717, 1.165) is 27.7 Å². The summed E-state index contributed by atoms with van der Waals surface area (Å²) in [7, 11) is 0. The first-order valence-corrected chi connectivity index (χ1v) is 38.1. The molecule has 9 aliphatic heterocycles. The lowest BCUT2D eigenvalue weighted by molar-refractivity contribution is -0.398. The minimum atomic E-state index is -2.58. The fourth-order valence-corrected chi connectivity index (χ4v) is 15.3. The van der Waals surface area contributed by atoms with E-state index < -0.39 is 371 Å². The van der Waals surface area contributed by atoms with Gasteiger partial charge in [-0.2, -0.15) is 0 Å². The summed E-state index contributed by atoms with van der Waals surface area (Å²) in [6, 6.07) is -7.23. The van der Waals surface area contributed by atoms with Gasteiger partial charge in [0.2, 0.25) is 23.6 Å². The van der Waals surface area contributed by atoms with Crippen molar-refractivity contribution in [3.63, 3.8) is 0 Å². The molecule has 0 spiro atoms. The van der Waals surface area contributed by atoms with Gasteiger partial charge in [0.05, 0.1) is 76.9 Å². The largest absolute Gasteiger partial charge is 0.394 e. The van der Waals surface area contributed by atoms with E-state index in [2.05, 4.69) is 37.2 Å². The normalized spacial score (nSPS) is 47.6. The molecule has 0 aromatic carbocycles. The lowest BCUT2D eigenvalue weighted by Crippen LogP contribution is -2.71. The highest BCUT2D eigenvalue weighted by Gasteiger charge is 2.61. The molecule has 9 heterocycles. The summed E-state index contributed by atoms with van der Waals surface area (Å²) in [4.78, 5) is 64.1. The number of ketones is 1. The van der Waals surface area contributed by atoms with Crippen LogP contribution in [0.25, 0.3) is 0 Å². The maximum Gasteiger partial charge on any atom is 0.217 e. The highest BCUT2D eigenvalue weighted by atomic mass is 79.9. The summed E-state index contributed by atoms with van der Waals surface area (Å²) in [6.45, 7) is -5.92. The topological polar surface area (TPSA) is 776 Å². The van der Waals surface area contributed by atoms with Gasteiger partial charge in [0, 0.05) is 34.1 Å². The van der Waals surface area contributed by atoms with Crippen molar-refractivity contribution < 1.29 is 227 Å². The number of aliphatic hydroxyl groups excluding tert-OH is 24. The van der Waals surface area contributed by atoms with Gasteiger partial charge >= 0.3 is 0 Å². The zero-order valence-electron chi connectivity index (χ0n) is 62.4. The average Bonchev–Trinajstić information content (AvgIpc) is 0.768. The summed E-state index contributed by atoms with van der Waals surface area (Å²) >= 11 is 3.04. The Hall–Kier alpha value is -3.61. The zero-order chi connectivity index (χ0) is 85.5. The second kappa shape index (κ2) is 42.7. The van der Waals surface area contributed by atoms with Crippen LogP contribution in [-0.2, 0) is 104 Å². The number of Topliss-reactive ketones (excluding diaryl/α,β-unsaturated/α-hetero) is 1. The van der Waals surface area contributed by atoms with Gasteiger partial charge in [-0.1, -0.05) is 15.9 Å². The zero-order valence-corrected chi connectivity index (χ0v) is 63.9. The molecule has 0 aliphatic carbocycles. The molecule has 50 nitrogen and oxygen atoms in total. The third kappa shape index (κ3) is 21.6. The first kappa shape index (κ1) is 96.2. The van der Waals surface area contributed by atoms with Crippen molar-refractivity contribution in [1.82, 2.24) is 21.3 Å². The maximum atomic E-state index is 13.1. The summed E-state index contributed by atoms with van der Waals surface area (Å²) in [5.74, 6) is -4.02. The maximum absolute atomic E-state index is 13.1. The van der Waals surface area contributed by atoms with Gasteiger partial charge in [-0.15, -0.1) is 0 Å². The summed E-state index contributed by atoms with van der Waals surface area (Å²) in [5, 5.41) is 277. The number of rotatable bonds is 32. The fourth-order valence-electron chi connectivity index (χ4n) is 15.0. The average molecular weight is 1760 g/mol. The van der Waals surface area contributed by atoms with E-state index in [0.29, 0.717) is 0 Å². The third-order valence-corrected chi connectivity index (χ3v) is 21.7. The van der Waals surface area contributed by atoms with Crippen LogP contribution in [0.3, 0.4) is 0 Å². The van der Waals surface area contributed by atoms with Crippen molar-refractivity contribution in [2.45, 2.75) is 310 Å². The molecule has 51 heteroatoms. The Labute approximate surface area is 666 Å². The molecule has 28 N–H and O–H groups in total. The van der Waals surface area contributed by atoms with E-state index in [1.807, 2.05) is 0 Å². The first-order chi connectivity index (χ1) is 54.9. The van der Waals surface area contributed by atoms with Crippen molar-refractivity contribution in [1.29, 1.82) is 0 Å². The Morgan fingerprint density at radius 1 is 0.259 bits per heavy atom. The molecule has 9 rings (SSSR count). The standard InChI is InChI=1S/C65H107BrN4O46/c1-16(79)67-31-21(5-20(83)6-66)101-26(11-75)51(40(31)89)110-58-32(68-17(2)80)41(90)54(29(14-78)106-58)113-63-50(99)55(114-65-57(47(96)38(87)25(10-74)105-65)116-60-34(70-19(4)82)43(92)53(28(13-77)108-60)112-62-49(98)45(94)36(85)23(8-72)103-62)39(88)30(109-63)15-100-64-56(46(95)37(86)24(9-73)104-64)115-59-33(69-18(3)81)42(91)52(27(12-76)107-59)111-61-48(97)44(93)35(84)22(7-71)102-61/h21-65,71-78,84-99H,5-15H2,1-4H3,(H,67,79)(H,68,80)(H,69,81)(H,70,82)/t21-,22?,23?,24?,25?,26?,27-,28?,29?,30?,31?,32?,33?,34?,35-,36-,37+,38+,39+,40+,41+,42?,43+,44-,45-,46-,47?,48?,49?,50?,51+,52+,53+,54+,55-,56?,57?,58-,59-,60-,61-,62-,63-,64-,65+/m0/s1. The molecular weight excluding hydrogens is 1650 g/mol. The van der Waals surface area contributed by atoms with E-state index in [1.165, 1.54) is 0 Å². The quantitative estimate of drug-likeness (QED) is 0.0278. The molecular formula is C65H107BrN4O46. The first-order valence-electron chi connectivity index (χ1n) is 37.0. The Balaban J connectivity index is 1.06. The molecule has 4 amide bonds. The SMILES string of the molecule is CC(=O)NC1C(O)[C@H](O[C@@H]2OC(CO)[C@H](O)[C@H](O)C2O)[C@H](CO)O[C@H]1OC1[C@@H](OCC2O[C@@H](O[C@@H]3C(CO)O[C@@H](O[C@@H]4C(CO)O[C@@H](CC(=O)CBr)C(NC(C)=O)[C@H]4O)C(NC(C)=O)[C@H]3O)C(O)[C@@H](O[C@H]3OC(CO)[C@@H](O)C(O)C3O[C@@H]3OC(CO)[C@@H](O[C@@H]4OC(CO)[C@H](O)[C@H](O)C4O)[C@H](O)C3NC(C)=O)[C@@H]2O)OC(CO)[C@@H](O)[C@@H]1O. The molecule has 9 aliphatic rings. The number of hydrogen-bond acceptors (Lipinski definition) is 46. The lowest BCUT2D eigenvalue weighted by atomic mass is 9.89. The monoisotopic (exact) mass is 1760 g/mol. The second-order valence-corrected chi connectivity index (χ2v) is 29.7. The highest BCUT2D eigenvalue weighted by molar-refractivity contribution is 9.09. The number of aliphatic hydroxyl groups is 24. The van der Waals surface area contributed by atoms with Gasteiger partial charge in [-0.05, 0) is 0 Å². The molecule has 0 radical (unpaired) electrons. The van der Waals surface area contributed by atoms with Crippen LogP contribution in [0.1, 0.15) is 34.1 Å². The van der Waals surface area contributed by atoms with Crippen molar-refractivity contribution in [3.8, 4) is 0 Å². The van der Waals surface area contributed by atoms with Gasteiger partial charge < -0.3 is 224 Å². The number of nitrogens with one attached hydrogen (secondary N) is 4. The lowest BCUT2D eigenvalue weighted by Gasteiger charge is -2.51. The second-order valence-electron chi connectivity index (χ2n) is 29.2. The van der Waals surface area contributed by atoms with Crippen LogP contribution in [0, 0.1) is 0 Å². The Bertz CT molecular complexity index is 3120. The van der Waals surface area contributed by atoms with Crippen LogP contribution in [0.4, 0.5) is 0 Å². The number of ether oxygens (including phenoxy) is 17. The summed E-state index contributed by atoms with van der Waals surface area (Å²) in [5.41, 5.74) is 0. The summed E-state index contributed by atoms with van der Waals surface area (Å²) < 4.78 is 102. The van der Waals surface area contributed by atoms with Gasteiger partial charge in [0.25, 0.3) is 0 Å². The van der Waals surface area contributed by atoms with E-state index in [4.69, 9.17) is 80.5 Å². The number of halogens is 1. The minimum Gasteiger partial charge on any atom is -0.394 e. The highest BCUT2D eigenvalue weighted by Crippen LogP contribution is 2.40. The van der Waals surface area contributed by atoms with Gasteiger partial charge in [0.1, 0.15) is 219 Å². The number of carbonyl (C=O) groups excluding carboxylic acids is 5. The number of amides is 4. The molecule has 0 saturated carbocycles. The van der Waals surface area contributed by atoms with E-state index in [9.17, 15) is 147 Å². The molecule has 9 saturated heterocycles. The van der Waals surface area contributed by atoms with E-state index >= 15 is 0 Å². The molecule has 19 unspecified atom stereocenters. The predicted octanol–water partition coefficient (Wildman–Crippen LogP) is -18.6. The Morgan fingerprint density at radius 2 is 0.526 bits per heavy atom. The van der Waals surface area contributed by atoms with Gasteiger partial charge in [-0.3, -0.25) is 24.0 Å². The molecule has 0 bridgehead atoms. The molecule has 670 valence electrons. The molecule has 9 fully saturated rings. The van der Waals surface area contributed by atoms with Crippen LogP contribution >= 0.6 is 15.9 Å². The number of carbonyl (C=O) groups is 5. The van der Waals surface area contributed by atoms with Crippen molar-refractivity contribution in [2.24, 2.45) is 0 Å². The third-order valence-electron chi connectivity index (χ3n) is 21.1. The molecule has 116 heavy (non-hydrogen) atoms. The summed E-state index contributed by atoms with van der Waals surface area (Å²) in [6.07, 6.45) is -84.9.